The molecule has 0 aliphatic carbocycles. The highest BCUT2D eigenvalue weighted by Crippen LogP contribution is 2.10. The SMILES string of the molecule is C[C@@H](NC(=O)c1cn(CCN)cn1)c1cccnc1. The third kappa shape index (κ3) is 3.38. The van der Waals surface area contributed by atoms with Crippen LogP contribution >= 0.6 is 0 Å². The largest absolute Gasteiger partial charge is 0.344 e. The molecular formula is C13H17N5O. The van der Waals surface area contributed by atoms with Crippen molar-refractivity contribution in [2.75, 3.05) is 6.54 Å². The maximum Gasteiger partial charge on any atom is 0.271 e. The minimum Gasteiger partial charge on any atom is -0.344 e. The first-order valence-electron chi connectivity index (χ1n) is 6.13. The number of aromatic nitrogens is 3. The molecule has 19 heavy (non-hydrogen) atoms. The Morgan fingerprint density at radius 3 is 3.11 bits per heavy atom. The summed E-state index contributed by atoms with van der Waals surface area (Å²) in [7, 11) is 0. The van der Waals surface area contributed by atoms with Crippen molar-refractivity contribution >= 4 is 5.91 Å². The van der Waals surface area contributed by atoms with Gasteiger partial charge in [-0.1, -0.05) is 6.07 Å². The molecule has 0 aliphatic heterocycles. The van der Waals surface area contributed by atoms with Crippen LogP contribution in [0.15, 0.2) is 37.1 Å². The lowest BCUT2D eigenvalue weighted by Crippen LogP contribution is -2.27. The Balaban J connectivity index is 2.00. The van der Waals surface area contributed by atoms with Crippen molar-refractivity contribution in [3.8, 4) is 0 Å². The number of carbonyl (C=O) groups is 1. The molecule has 3 N–H and O–H groups in total. The molecule has 0 fully saturated rings. The second-order valence-electron chi connectivity index (χ2n) is 4.27. The second-order valence-corrected chi connectivity index (χ2v) is 4.27. The van der Waals surface area contributed by atoms with Gasteiger partial charge in [0.05, 0.1) is 12.4 Å². The molecule has 2 rings (SSSR count). The lowest BCUT2D eigenvalue weighted by atomic mass is 10.1. The molecule has 0 saturated carbocycles. The summed E-state index contributed by atoms with van der Waals surface area (Å²) in [5, 5.41) is 2.88. The van der Waals surface area contributed by atoms with Crippen LogP contribution in [0.25, 0.3) is 0 Å². The fourth-order valence-corrected chi connectivity index (χ4v) is 1.73. The Hall–Kier alpha value is -2.21. The number of nitrogens with one attached hydrogen (secondary N) is 1. The van der Waals surface area contributed by atoms with E-state index in [-0.39, 0.29) is 11.9 Å². The summed E-state index contributed by atoms with van der Waals surface area (Å²) in [6, 6.07) is 3.65. The Bertz CT molecular complexity index is 537. The normalized spacial score (nSPS) is 12.1. The third-order valence-corrected chi connectivity index (χ3v) is 2.79. The number of nitrogens with zero attached hydrogens (tertiary/aromatic N) is 3. The summed E-state index contributed by atoms with van der Waals surface area (Å²) in [6.45, 7) is 3.08. The second kappa shape index (κ2) is 6.10. The van der Waals surface area contributed by atoms with Crippen molar-refractivity contribution < 1.29 is 4.79 Å². The molecule has 0 bridgehead atoms. The number of nitrogens with two attached hydrogens (primary N) is 1. The first-order valence-corrected chi connectivity index (χ1v) is 6.13. The van der Waals surface area contributed by atoms with Gasteiger partial charge < -0.3 is 15.6 Å². The quantitative estimate of drug-likeness (QED) is 0.828. The topological polar surface area (TPSA) is 85.8 Å². The Labute approximate surface area is 111 Å². The first-order chi connectivity index (χ1) is 9.20. The van der Waals surface area contributed by atoms with E-state index in [0.29, 0.717) is 18.8 Å². The molecule has 100 valence electrons. The molecule has 0 aliphatic rings. The van der Waals surface area contributed by atoms with Crippen molar-refractivity contribution in [2.24, 2.45) is 5.73 Å². The summed E-state index contributed by atoms with van der Waals surface area (Å²) in [6.07, 6.45) is 6.74. The van der Waals surface area contributed by atoms with Crippen LogP contribution in [0, 0.1) is 0 Å². The van der Waals surface area contributed by atoms with Crippen LogP contribution in [0.3, 0.4) is 0 Å². The van der Waals surface area contributed by atoms with Gasteiger partial charge in [0.25, 0.3) is 5.91 Å². The number of amides is 1. The summed E-state index contributed by atoms with van der Waals surface area (Å²) >= 11 is 0. The molecule has 0 unspecified atom stereocenters. The molecule has 2 heterocycles. The van der Waals surface area contributed by atoms with E-state index in [1.165, 1.54) is 0 Å². The molecule has 0 saturated heterocycles. The summed E-state index contributed by atoms with van der Waals surface area (Å²) < 4.78 is 1.80. The third-order valence-electron chi connectivity index (χ3n) is 2.79. The van der Waals surface area contributed by atoms with Crippen molar-refractivity contribution in [3.05, 3.63) is 48.3 Å². The molecular weight excluding hydrogens is 242 g/mol. The first kappa shape index (κ1) is 13.2. The molecule has 2 aromatic rings. The minimum absolute atomic E-state index is 0.110. The van der Waals surface area contributed by atoms with E-state index < -0.39 is 0 Å². The van der Waals surface area contributed by atoms with Crippen LogP contribution in [0.2, 0.25) is 0 Å². The molecule has 1 amide bonds. The number of carbonyl (C=O) groups excluding carboxylic acids is 1. The van der Waals surface area contributed by atoms with E-state index in [2.05, 4.69) is 15.3 Å². The smallest absolute Gasteiger partial charge is 0.271 e. The van der Waals surface area contributed by atoms with Crippen LogP contribution in [-0.4, -0.2) is 27.0 Å². The van der Waals surface area contributed by atoms with Gasteiger partial charge in [-0.05, 0) is 18.6 Å². The van der Waals surface area contributed by atoms with E-state index in [9.17, 15) is 4.79 Å². The van der Waals surface area contributed by atoms with Crippen LogP contribution in [0.5, 0.6) is 0 Å². The van der Waals surface area contributed by atoms with Crippen LogP contribution in [0.1, 0.15) is 29.0 Å². The summed E-state index contributed by atoms with van der Waals surface area (Å²) in [4.78, 5) is 20.1. The fourth-order valence-electron chi connectivity index (χ4n) is 1.73. The maximum atomic E-state index is 12.0. The number of hydrogen-bond donors (Lipinski definition) is 2. The van der Waals surface area contributed by atoms with Gasteiger partial charge in [0.1, 0.15) is 5.69 Å². The molecule has 0 radical (unpaired) electrons. The molecule has 0 spiro atoms. The number of pyridine rings is 1. The van der Waals surface area contributed by atoms with Crippen LogP contribution < -0.4 is 11.1 Å². The van der Waals surface area contributed by atoms with Gasteiger partial charge in [0.15, 0.2) is 0 Å². The molecule has 2 aromatic heterocycles. The van der Waals surface area contributed by atoms with Gasteiger partial charge in [-0.25, -0.2) is 4.98 Å². The van der Waals surface area contributed by atoms with Crippen molar-refractivity contribution in [1.29, 1.82) is 0 Å². The van der Waals surface area contributed by atoms with Crippen molar-refractivity contribution in [1.82, 2.24) is 19.9 Å². The van der Waals surface area contributed by atoms with Crippen molar-refractivity contribution in [3.63, 3.8) is 0 Å². The predicted molar refractivity (Wildman–Crippen MR) is 71.4 cm³/mol. The van der Waals surface area contributed by atoms with Gasteiger partial charge in [0.2, 0.25) is 0 Å². The number of imidazole rings is 1. The number of rotatable bonds is 5. The van der Waals surface area contributed by atoms with Gasteiger partial charge in [0, 0.05) is 31.7 Å². The summed E-state index contributed by atoms with van der Waals surface area (Å²) in [5.74, 6) is -0.202. The Kier molecular flexibility index (Phi) is 4.25. The highest BCUT2D eigenvalue weighted by Gasteiger charge is 2.13. The highest BCUT2D eigenvalue weighted by molar-refractivity contribution is 5.92. The lowest BCUT2D eigenvalue weighted by Gasteiger charge is -2.12. The van der Waals surface area contributed by atoms with E-state index in [0.717, 1.165) is 5.56 Å². The molecule has 0 aromatic carbocycles. The summed E-state index contributed by atoms with van der Waals surface area (Å²) in [5.41, 5.74) is 6.80. The molecule has 1 atom stereocenters. The van der Waals surface area contributed by atoms with Gasteiger partial charge in [-0.15, -0.1) is 0 Å². The van der Waals surface area contributed by atoms with E-state index in [1.807, 2.05) is 19.1 Å². The Morgan fingerprint density at radius 1 is 1.58 bits per heavy atom. The van der Waals surface area contributed by atoms with Gasteiger partial charge in [-0.2, -0.15) is 0 Å². The molecule has 6 heteroatoms. The fraction of sp³-hybridized carbons (Fsp3) is 0.308. The predicted octanol–water partition coefficient (Wildman–Crippen LogP) is 0.728. The maximum absolute atomic E-state index is 12.0. The van der Waals surface area contributed by atoms with E-state index in [4.69, 9.17) is 5.73 Å². The van der Waals surface area contributed by atoms with E-state index in [1.54, 1.807) is 29.5 Å². The Morgan fingerprint density at radius 2 is 2.42 bits per heavy atom. The average Bonchev–Trinajstić information content (AvgIpc) is 2.89. The highest BCUT2D eigenvalue weighted by atomic mass is 16.1. The molecule has 6 nitrogen and oxygen atoms in total. The monoisotopic (exact) mass is 259 g/mol. The standard InChI is InChI=1S/C13H17N5O/c1-10(11-3-2-5-15-7-11)17-13(19)12-8-18(6-4-14)9-16-12/h2-3,5,7-10H,4,6,14H2,1H3,(H,17,19)/t10-/m1/s1. The van der Waals surface area contributed by atoms with Gasteiger partial charge >= 0.3 is 0 Å². The van der Waals surface area contributed by atoms with Crippen molar-refractivity contribution in [2.45, 2.75) is 19.5 Å². The number of hydrogen-bond acceptors (Lipinski definition) is 4. The zero-order valence-electron chi connectivity index (χ0n) is 10.8. The minimum atomic E-state index is -0.202. The van der Waals surface area contributed by atoms with Crippen LogP contribution in [0.4, 0.5) is 0 Å². The zero-order valence-corrected chi connectivity index (χ0v) is 10.8. The van der Waals surface area contributed by atoms with Gasteiger partial charge in [-0.3, -0.25) is 9.78 Å². The van der Waals surface area contributed by atoms with E-state index >= 15 is 0 Å². The zero-order chi connectivity index (χ0) is 13.7. The average molecular weight is 259 g/mol. The lowest BCUT2D eigenvalue weighted by molar-refractivity contribution is 0.0935. The van der Waals surface area contributed by atoms with Crippen LogP contribution in [-0.2, 0) is 6.54 Å².